The van der Waals surface area contributed by atoms with Crippen LogP contribution in [0.2, 0.25) is 0 Å². The summed E-state index contributed by atoms with van der Waals surface area (Å²) in [5.41, 5.74) is 3.56. The number of benzene rings is 2. The lowest BCUT2D eigenvalue weighted by atomic mass is 9.84. The highest BCUT2D eigenvalue weighted by atomic mass is 16.3. The fourth-order valence-corrected chi connectivity index (χ4v) is 3.35. The number of unbranched alkanes of at least 4 members (excludes halogenated alkanes) is 3. The third-order valence-corrected chi connectivity index (χ3v) is 4.66. The zero-order valence-electron chi connectivity index (χ0n) is 14.6. The Labute approximate surface area is 141 Å². The molecule has 0 aliphatic rings. The van der Waals surface area contributed by atoms with Gasteiger partial charge in [0.2, 0.25) is 0 Å². The summed E-state index contributed by atoms with van der Waals surface area (Å²) in [5, 5.41) is 10.3. The second-order valence-corrected chi connectivity index (χ2v) is 6.44. The van der Waals surface area contributed by atoms with Crippen molar-refractivity contribution < 1.29 is 5.11 Å². The molecule has 0 fully saturated rings. The summed E-state index contributed by atoms with van der Waals surface area (Å²) in [6.45, 7) is 4.52. The Kier molecular flexibility index (Phi) is 7.19. The summed E-state index contributed by atoms with van der Waals surface area (Å²) in [7, 11) is 0. The van der Waals surface area contributed by atoms with Crippen molar-refractivity contribution in [3.8, 4) is 16.9 Å². The van der Waals surface area contributed by atoms with Crippen molar-refractivity contribution in [3.63, 3.8) is 0 Å². The Hall–Kier alpha value is -1.76. The Morgan fingerprint density at radius 1 is 0.739 bits per heavy atom. The molecule has 0 spiro atoms. The maximum Gasteiger partial charge on any atom is 0.123 e. The maximum absolute atomic E-state index is 10.3. The minimum Gasteiger partial charge on any atom is -0.507 e. The highest BCUT2D eigenvalue weighted by Crippen LogP contribution is 2.38. The minimum absolute atomic E-state index is 0.378. The SMILES string of the molecule is CCCCCC(CCCC)c1ccccc1-c1ccccc1O. The maximum atomic E-state index is 10.3. The molecule has 0 radical (unpaired) electrons. The van der Waals surface area contributed by atoms with Crippen molar-refractivity contribution in [1.29, 1.82) is 0 Å². The van der Waals surface area contributed by atoms with Gasteiger partial charge in [-0.2, -0.15) is 0 Å². The molecule has 1 heteroatoms. The van der Waals surface area contributed by atoms with E-state index < -0.39 is 0 Å². The van der Waals surface area contributed by atoms with Crippen molar-refractivity contribution in [3.05, 3.63) is 54.1 Å². The molecule has 124 valence electrons. The molecule has 1 nitrogen and oxygen atoms in total. The van der Waals surface area contributed by atoms with E-state index in [1.807, 2.05) is 18.2 Å². The van der Waals surface area contributed by atoms with Gasteiger partial charge < -0.3 is 5.11 Å². The van der Waals surface area contributed by atoms with E-state index in [0.717, 1.165) is 5.56 Å². The average molecular weight is 310 g/mol. The molecular formula is C22H30O. The van der Waals surface area contributed by atoms with Gasteiger partial charge in [-0.15, -0.1) is 0 Å². The molecule has 0 saturated carbocycles. The Bertz CT molecular complexity index is 588. The van der Waals surface area contributed by atoms with Gasteiger partial charge >= 0.3 is 0 Å². The van der Waals surface area contributed by atoms with E-state index in [1.54, 1.807) is 6.07 Å². The highest BCUT2D eigenvalue weighted by Gasteiger charge is 2.17. The molecule has 0 saturated heterocycles. The van der Waals surface area contributed by atoms with Crippen LogP contribution in [0.4, 0.5) is 0 Å². The normalized spacial score (nSPS) is 12.3. The summed E-state index contributed by atoms with van der Waals surface area (Å²) in [6, 6.07) is 16.3. The lowest BCUT2D eigenvalue weighted by molar-refractivity contribution is 0.477. The first-order chi connectivity index (χ1) is 11.3. The Morgan fingerprint density at radius 2 is 1.35 bits per heavy atom. The summed E-state index contributed by atoms with van der Waals surface area (Å²) in [4.78, 5) is 0. The smallest absolute Gasteiger partial charge is 0.123 e. The van der Waals surface area contributed by atoms with Gasteiger partial charge in [-0.3, -0.25) is 0 Å². The average Bonchev–Trinajstić information content (AvgIpc) is 2.59. The van der Waals surface area contributed by atoms with Crippen LogP contribution in [0.15, 0.2) is 48.5 Å². The Morgan fingerprint density at radius 3 is 2.04 bits per heavy atom. The molecule has 0 amide bonds. The number of para-hydroxylation sites is 1. The molecule has 0 aliphatic heterocycles. The molecule has 1 N–H and O–H groups in total. The van der Waals surface area contributed by atoms with E-state index in [9.17, 15) is 5.11 Å². The molecule has 0 heterocycles. The fraction of sp³-hybridized carbons (Fsp3) is 0.455. The molecule has 0 bridgehead atoms. The van der Waals surface area contributed by atoms with Gasteiger partial charge in [0.15, 0.2) is 0 Å². The van der Waals surface area contributed by atoms with E-state index in [1.165, 1.54) is 56.1 Å². The zero-order chi connectivity index (χ0) is 16.5. The van der Waals surface area contributed by atoms with E-state index in [-0.39, 0.29) is 0 Å². The largest absolute Gasteiger partial charge is 0.507 e. The summed E-state index contributed by atoms with van der Waals surface area (Å²) in [5.74, 6) is 0.972. The van der Waals surface area contributed by atoms with Gasteiger partial charge in [-0.25, -0.2) is 0 Å². The highest BCUT2D eigenvalue weighted by molar-refractivity contribution is 5.73. The molecule has 0 aromatic heterocycles. The molecular weight excluding hydrogens is 280 g/mol. The predicted octanol–water partition coefficient (Wildman–Crippen LogP) is 6.91. The number of aromatic hydroxyl groups is 1. The molecule has 1 unspecified atom stereocenters. The van der Waals surface area contributed by atoms with Crippen LogP contribution >= 0.6 is 0 Å². The molecule has 2 rings (SSSR count). The number of rotatable bonds is 9. The van der Waals surface area contributed by atoms with Crippen molar-refractivity contribution in [2.24, 2.45) is 0 Å². The van der Waals surface area contributed by atoms with Crippen LogP contribution in [0.1, 0.15) is 70.3 Å². The minimum atomic E-state index is 0.378. The monoisotopic (exact) mass is 310 g/mol. The summed E-state index contributed by atoms with van der Waals surface area (Å²) in [6.07, 6.45) is 8.86. The standard InChI is InChI=1S/C22H30O/c1-3-5-7-13-18(12-6-4-2)19-14-8-9-15-20(19)21-16-10-11-17-22(21)23/h8-11,14-18,23H,3-7,12-13H2,1-2H3. The first kappa shape index (κ1) is 17.6. The van der Waals surface area contributed by atoms with Crippen LogP contribution in [-0.4, -0.2) is 5.11 Å². The van der Waals surface area contributed by atoms with Crippen molar-refractivity contribution in [2.75, 3.05) is 0 Å². The van der Waals surface area contributed by atoms with Crippen LogP contribution in [0.3, 0.4) is 0 Å². The van der Waals surface area contributed by atoms with Gasteiger partial charge in [0, 0.05) is 5.56 Å². The third kappa shape index (κ3) is 4.86. The Balaban J connectivity index is 2.33. The third-order valence-electron chi connectivity index (χ3n) is 4.66. The van der Waals surface area contributed by atoms with E-state index in [4.69, 9.17) is 0 Å². The molecule has 2 aromatic carbocycles. The summed E-state index contributed by atoms with van der Waals surface area (Å²) >= 11 is 0. The molecule has 23 heavy (non-hydrogen) atoms. The van der Waals surface area contributed by atoms with Crippen molar-refractivity contribution >= 4 is 0 Å². The van der Waals surface area contributed by atoms with Crippen LogP contribution in [0.5, 0.6) is 5.75 Å². The van der Waals surface area contributed by atoms with Crippen LogP contribution in [-0.2, 0) is 0 Å². The second kappa shape index (κ2) is 9.39. The van der Waals surface area contributed by atoms with Gasteiger partial charge in [0.1, 0.15) is 5.75 Å². The van der Waals surface area contributed by atoms with Gasteiger partial charge in [-0.05, 0) is 36.0 Å². The zero-order valence-corrected chi connectivity index (χ0v) is 14.6. The number of hydrogen-bond donors (Lipinski definition) is 1. The topological polar surface area (TPSA) is 20.2 Å². The van der Waals surface area contributed by atoms with Crippen LogP contribution in [0.25, 0.3) is 11.1 Å². The van der Waals surface area contributed by atoms with E-state index >= 15 is 0 Å². The van der Waals surface area contributed by atoms with Crippen molar-refractivity contribution in [1.82, 2.24) is 0 Å². The van der Waals surface area contributed by atoms with Crippen molar-refractivity contribution in [2.45, 2.75) is 64.7 Å². The van der Waals surface area contributed by atoms with Gasteiger partial charge in [0.25, 0.3) is 0 Å². The quantitative estimate of drug-likeness (QED) is 0.499. The van der Waals surface area contributed by atoms with Crippen LogP contribution in [0, 0.1) is 0 Å². The lowest BCUT2D eigenvalue weighted by Gasteiger charge is -2.21. The fourth-order valence-electron chi connectivity index (χ4n) is 3.35. The summed E-state index contributed by atoms with van der Waals surface area (Å²) < 4.78 is 0. The first-order valence-corrected chi connectivity index (χ1v) is 9.15. The van der Waals surface area contributed by atoms with Gasteiger partial charge in [-0.1, -0.05) is 88.4 Å². The van der Waals surface area contributed by atoms with Crippen LogP contribution < -0.4 is 0 Å². The lowest BCUT2D eigenvalue weighted by Crippen LogP contribution is -2.02. The molecule has 2 aromatic rings. The molecule has 1 atom stereocenters. The number of phenols is 1. The number of hydrogen-bond acceptors (Lipinski definition) is 1. The predicted molar refractivity (Wildman–Crippen MR) is 100.0 cm³/mol. The number of phenolic OH excluding ortho intramolecular Hbond substituents is 1. The second-order valence-electron chi connectivity index (χ2n) is 6.44. The van der Waals surface area contributed by atoms with E-state index in [2.05, 4.69) is 38.1 Å². The van der Waals surface area contributed by atoms with Gasteiger partial charge in [0.05, 0.1) is 0 Å². The van der Waals surface area contributed by atoms with E-state index in [0.29, 0.717) is 11.7 Å². The first-order valence-electron chi connectivity index (χ1n) is 9.15. The molecule has 0 aliphatic carbocycles.